The van der Waals surface area contributed by atoms with E-state index in [1.54, 1.807) is 0 Å². The highest BCUT2D eigenvalue weighted by Gasteiger charge is 2.76. The van der Waals surface area contributed by atoms with Gasteiger partial charge in [-0.2, -0.15) is 84.3 Å². The second-order valence-corrected chi connectivity index (χ2v) is 14.1. The van der Waals surface area contributed by atoms with Crippen LogP contribution in [0.1, 0.15) is 38.5 Å². The van der Waals surface area contributed by atoms with Crippen LogP contribution in [0.4, 0.5) is 105 Å². The maximum atomic E-state index is 13.5. The van der Waals surface area contributed by atoms with E-state index in [1.165, 1.54) is 5.40 Å². The van der Waals surface area contributed by atoms with Gasteiger partial charge in [-0.1, -0.05) is 0 Å². The molecule has 2 atom stereocenters. The number of thiocyanates is 1. The van der Waals surface area contributed by atoms with Crippen LogP contribution < -0.4 is 0 Å². The minimum atomic E-state index is -6.87. The zero-order valence-corrected chi connectivity index (χ0v) is 28.5. The summed E-state index contributed by atoms with van der Waals surface area (Å²) in [6, 6.07) is 0. The number of nitriles is 1. The topological polar surface area (TPSA) is 57.9 Å². The highest BCUT2D eigenvalue weighted by molar-refractivity contribution is 8.13. The summed E-state index contributed by atoms with van der Waals surface area (Å²) in [5.74, 6) is -19.2. The average Bonchev–Trinajstić information content (AvgIpc) is 2.87. The van der Waals surface area contributed by atoms with Crippen LogP contribution in [0.5, 0.6) is 0 Å². The number of hydrogen-bond donors (Lipinski definition) is 0. The van der Waals surface area contributed by atoms with Crippen molar-refractivity contribution in [3.8, 4) is 5.40 Å². The zero-order chi connectivity index (χ0) is 43.7. The Hall–Kier alpha value is -1.02. The van der Waals surface area contributed by atoms with E-state index in [2.05, 4.69) is 32.4 Å². The molecule has 0 spiro atoms. The Morgan fingerprint density at radius 2 is 0.792 bits per heavy atom. The molecule has 0 bridgehead atoms. The molecule has 0 aliphatic rings. The number of halogens is 27. The van der Waals surface area contributed by atoms with Crippen LogP contribution in [0.15, 0.2) is 0 Å². The SMILES string of the molecule is ClCl.N#CSCCC(CC(F)(F)CC(F)(C(F)(F)F)C(F)(F)F)C(F)(F)F.O=S(=O)(Cl)CCC(CC(F)(F)CC(F)(C(F)(F)F)C(F)(F)F)C(F)(F)F. The highest BCUT2D eigenvalue weighted by atomic mass is 36.5. The van der Waals surface area contributed by atoms with Crippen molar-refractivity contribution in [2.45, 2.75) is 98.8 Å². The Bertz CT molecular complexity index is 1220. The Morgan fingerprint density at radius 1 is 0.528 bits per heavy atom. The van der Waals surface area contributed by atoms with Crippen molar-refractivity contribution in [3.63, 3.8) is 0 Å². The van der Waals surface area contributed by atoms with E-state index < -0.39 is 131 Å². The molecule has 0 fully saturated rings. The van der Waals surface area contributed by atoms with Gasteiger partial charge < -0.3 is 0 Å². The molecule has 53 heavy (non-hydrogen) atoms. The predicted molar refractivity (Wildman–Crippen MR) is 138 cm³/mol. The fourth-order valence-corrected chi connectivity index (χ4v) is 4.92. The molecular formula is C21H18Cl3F24NO2S2. The quantitative estimate of drug-likeness (QED) is 0.0753. The summed E-state index contributed by atoms with van der Waals surface area (Å²) >= 11 is 0.227. The van der Waals surface area contributed by atoms with Crippen molar-refractivity contribution in [1.29, 1.82) is 5.26 Å². The van der Waals surface area contributed by atoms with Gasteiger partial charge in [0.2, 0.25) is 9.05 Å². The molecule has 0 amide bonds. The fraction of sp³-hybridized carbons (Fsp3) is 0.952. The van der Waals surface area contributed by atoms with Crippen molar-refractivity contribution in [2.75, 3.05) is 11.5 Å². The second-order valence-electron chi connectivity index (χ2n) is 10.3. The Morgan fingerprint density at radius 3 is 1.00 bits per heavy atom. The number of thioether (sulfide) groups is 1. The summed E-state index contributed by atoms with van der Waals surface area (Å²) in [5.41, 5.74) is -12.8. The average molecular weight is 943 g/mol. The molecule has 0 aromatic rings. The Balaban J connectivity index is -0.000000901. The molecule has 3 nitrogen and oxygen atoms in total. The third kappa shape index (κ3) is 19.1. The molecule has 0 rings (SSSR count). The third-order valence-electron chi connectivity index (χ3n) is 6.16. The van der Waals surface area contributed by atoms with Crippen LogP contribution in [-0.2, 0) is 9.05 Å². The maximum absolute atomic E-state index is 13.5. The van der Waals surface area contributed by atoms with Gasteiger partial charge in [-0.15, -0.1) is 0 Å². The number of rotatable bonds is 14. The lowest BCUT2D eigenvalue weighted by Gasteiger charge is -2.34. The number of hydrogen-bond acceptors (Lipinski definition) is 4. The maximum Gasteiger partial charge on any atom is 0.431 e. The Labute approximate surface area is 299 Å². The van der Waals surface area contributed by atoms with Crippen LogP contribution in [0.3, 0.4) is 0 Å². The summed E-state index contributed by atoms with van der Waals surface area (Å²) in [7, 11) is 8.18. The van der Waals surface area contributed by atoms with Crippen molar-refractivity contribution in [2.24, 2.45) is 11.8 Å². The molecule has 0 aromatic carbocycles. The highest BCUT2D eigenvalue weighted by Crippen LogP contribution is 2.54. The smallest absolute Gasteiger partial charge is 0.223 e. The van der Waals surface area contributed by atoms with E-state index >= 15 is 0 Å². The normalized spacial score (nSPS) is 15.7. The van der Waals surface area contributed by atoms with Crippen LogP contribution >= 0.6 is 44.2 Å². The fourth-order valence-electron chi connectivity index (χ4n) is 3.59. The van der Waals surface area contributed by atoms with Crippen LogP contribution in [0, 0.1) is 22.5 Å². The van der Waals surface area contributed by atoms with Gasteiger partial charge in [0.15, 0.2) is 0 Å². The summed E-state index contributed by atoms with van der Waals surface area (Å²) in [5, 5.41) is 9.45. The molecule has 0 aliphatic heterocycles. The monoisotopic (exact) mass is 941 g/mol. The first kappa shape index (κ1) is 56.3. The molecule has 0 aromatic heterocycles. The van der Waals surface area contributed by atoms with Gasteiger partial charge in [-0.05, 0) is 24.6 Å². The van der Waals surface area contributed by atoms with E-state index in [-0.39, 0.29) is 11.8 Å². The Kier molecular flexibility index (Phi) is 20.6. The molecule has 0 radical (unpaired) electrons. The van der Waals surface area contributed by atoms with Crippen LogP contribution in [-0.4, -0.2) is 80.2 Å². The largest absolute Gasteiger partial charge is 0.431 e. The van der Waals surface area contributed by atoms with Gasteiger partial charge in [-0.25, -0.2) is 34.8 Å². The van der Waals surface area contributed by atoms with Crippen LogP contribution in [0.25, 0.3) is 0 Å². The minimum Gasteiger partial charge on any atom is -0.223 e. The van der Waals surface area contributed by atoms with Gasteiger partial charge in [0.05, 0.1) is 30.4 Å². The molecule has 0 heterocycles. The molecule has 0 N–H and O–H groups in total. The van der Waals surface area contributed by atoms with E-state index in [1.807, 2.05) is 0 Å². The molecular weight excluding hydrogens is 925 g/mol. The van der Waals surface area contributed by atoms with Gasteiger partial charge >= 0.3 is 48.4 Å². The van der Waals surface area contributed by atoms with E-state index in [9.17, 15) is 114 Å². The standard InChI is InChI=1S/C11H9F12NS.C10H9ClF12O2S.Cl2/c12-7(13,3-6(9(15,16)17)1-2-25-5-24)4-8(14,10(18,19)20)11(21,22)23;11-26(24,25)2-1-5(8(15,16)17)3-6(12,13)4-7(14,9(18,19)20)10(21,22)23;1-2/h6H,1-4H2;5H,1-4H2;. The predicted octanol–water partition coefficient (Wildman–Crippen LogP) is 12.8. The van der Waals surface area contributed by atoms with E-state index in [0.29, 0.717) is 0 Å². The number of alkyl halides is 24. The minimum absolute atomic E-state index is 0.227. The first-order chi connectivity index (χ1) is 22.9. The third-order valence-corrected chi connectivity index (χ3v) is 7.92. The summed E-state index contributed by atoms with van der Waals surface area (Å²) in [4.78, 5) is 0. The number of nitrogens with zero attached hydrogens (tertiary/aromatic N) is 1. The second kappa shape index (κ2) is 19.4. The van der Waals surface area contributed by atoms with E-state index in [0.717, 1.165) is 0 Å². The summed E-state index contributed by atoms with van der Waals surface area (Å²) in [6.07, 6.45) is -53.5. The van der Waals surface area contributed by atoms with Gasteiger partial charge in [0.1, 0.15) is 5.40 Å². The lowest BCUT2D eigenvalue weighted by molar-refractivity contribution is -0.356. The van der Waals surface area contributed by atoms with Crippen LogP contribution in [0.2, 0.25) is 0 Å². The van der Waals surface area contributed by atoms with Crippen molar-refractivity contribution in [1.82, 2.24) is 0 Å². The molecule has 2 unspecified atom stereocenters. The molecule has 0 saturated heterocycles. The summed E-state index contributed by atoms with van der Waals surface area (Å²) in [6.45, 7) is 0. The first-order valence-electron chi connectivity index (χ1n) is 12.5. The van der Waals surface area contributed by atoms with E-state index in [4.69, 9.17) is 5.26 Å². The molecule has 0 saturated carbocycles. The lowest BCUT2D eigenvalue weighted by atomic mass is 9.89. The molecule has 320 valence electrons. The van der Waals surface area contributed by atoms with Gasteiger partial charge in [-0.3, -0.25) is 0 Å². The molecule has 0 aliphatic carbocycles. The van der Waals surface area contributed by atoms with Crippen molar-refractivity contribution >= 4 is 53.2 Å². The van der Waals surface area contributed by atoms with Crippen molar-refractivity contribution < 1.29 is 114 Å². The lowest BCUT2D eigenvalue weighted by Crippen LogP contribution is -2.56. The van der Waals surface area contributed by atoms with Gasteiger partial charge in [0.25, 0.3) is 11.8 Å². The zero-order valence-electron chi connectivity index (χ0n) is 24.6. The molecule has 32 heteroatoms. The summed E-state index contributed by atoms with van der Waals surface area (Å²) < 4.78 is 324. The first-order valence-corrected chi connectivity index (χ1v) is 17.1. The van der Waals surface area contributed by atoms with Crippen molar-refractivity contribution in [3.05, 3.63) is 0 Å². The van der Waals surface area contributed by atoms with Gasteiger partial charge in [0, 0.05) is 51.0 Å².